The SMILES string of the molecule is C=CC(=O)Oc1cc(O)cc2c1C1(OC(=O)c3ccccc31)c1ccc(O)cc1O2. The lowest BCUT2D eigenvalue weighted by atomic mass is 9.77. The number of rotatable bonds is 2. The third-order valence-corrected chi connectivity index (χ3v) is 5.12. The van der Waals surface area contributed by atoms with Crippen molar-refractivity contribution in [1.82, 2.24) is 0 Å². The molecule has 7 nitrogen and oxygen atoms in total. The van der Waals surface area contributed by atoms with Gasteiger partial charge in [0.05, 0.1) is 11.1 Å². The Balaban J connectivity index is 1.90. The summed E-state index contributed by atoms with van der Waals surface area (Å²) in [4.78, 5) is 24.8. The molecule has 2 N–H and O–H groups in total. The van der Waals surface area contributed by atoms with Crippen LogP contribution in [-0.4, -0.2) is 22.2 Å². The minimum Gasteiger partial charge on any atom is -0.508 e. The molecule has 1 atom stereocenters. The smallest absolute Gasteiger partial charge is 0.340 e. The summed E-state index contributed by atoms with van der Waals surface area (Å²) in [5.74, 6) is -1.29. The number of fused-ring (bicyclic) bond motifs is 6. The van der Waals surface area contributed by atoms with Crippen LogP contribution in [0.4, 0.5) is 0 Å². The molecular formula is C23H14O7. The Bertz CT molecular complexity index is 1260. The van der Waals surface area contributed by atoms with Crippen molar-refractivity contribution in [3.63, 3.8) is 0 Å². The summed E-state index contributed by atoms with van der Waals surface area (Å²) < 4.78 is 17.2. The summed E-state index contributed by atoms with van der Waals surface area (Å²) in [5, 5.41) is 20.1. The molecule has 2 heterocycles. The second-order valence-electron chi connectivity index (χ2n) is 6.84. The third-order valence-electron chi connectivity index (χ3n) is 5.12. The molecule has 0 fully saturated rings. The van der Waals surface area contributed by atoms with Crippen LogP contribution in [0.5, 0.6) is 28.7 Å². The van der Waals surface area contributed by atoms with Gasteiger partial charge in [0.1, 0.15) is 28.7 Å². The number of hydrogen-bond donors (Lipinski definition) is 2. The quantitative estimate of drug-likeness (QED) is 0.382. The highest BCUT2D eigenvalue weighted by molar-refractivity contribution is 5.97. The monoisotopic (exact) mass is 402 g/mol. The first-order chi connectivity index (χ1) is 14.4. The van der Waals surface area contributed by atoms with Gasteiger partial charge in [-0.25, -0.2) is 9.59 Å². The van der Waals surface area contributed by atoms with Gasteiger partial charge in [0.15, 0.2) is 5.60 Å². The van der Waals surface area contributed by atoms with Crippen LogP contribution in [-0.2, 0) is 15.1 Å². The standard InChI is InChI=1S/C23H14O7/c1-2-20(26)29-19-11-13(25)10-18-21(19)23(16-8-7-12(24)9-17(16)28-18)15-6-4-3-5-14(15)22(27)30-23/h2-11,24-25H,1H2. The maximum atomic E-state index is 12.8. The van der Waals surface area contributed by atoms with Crippen LogP contribution in [0.3, 0.4) is 0 Å². The summed E-state index contributed by atoms with van der Waals surface area (Å²) in [5.41, 5.74) is 0.0422. The number of phenols is 2. The number of benzene rings is 3. The van der Waals surface area contributed by atoms with Crippen molar-refractivity contribution in [3.8, 4) is 28.7 Å². The Morgan fingerprint density at radius 3 is 2.57 bits per heavy atom. The summed E-state index contributed by atoms with van der Waals surface area (Å²) in [6.07, 6.45) is 0.980. The van der Waals surface area contributed by atoms with Gasteiger partial charge in [-0.15, -0.1) is 0 Å². The zero-order valence-corrected chi connectivity index (χ0v) is 15.4. The van der Waals surface area contributed by atoms with E-state index in [-0.39, 0.29) is 34.3 Å². The van der Waals surface area contributed by atoms with E-state index < -0.39 is 17.5 Å². The number of carbonyl (C=O) groups excluding carboxylic acids is 2. The molecule has 0 radical (unpaired) electrons. The molecule has 1 unspecified atom stereocenters. The Morgan fingerprint density at radius 2 is 1.77 bits per heavy atom. The molecule has 5 rings (SSSR count). The van der Waals surface area contributed by atoms with Gasteiger partial charge in [0, 0.05) is 35.4 Å². The molecule has 7 heteroatoms. The zero-order valence-electron chi connectivity index (χ0n) is 15.4. The maximum Gasteiger partial charge on any atom is 0.340 e. The number of carbonyl (C=O) groups is 2. The second-order valence-corrected chi connectivity index (χ2v) is 6.84. The fourth-order valence-electron chi connectivity index (χ4n) is 3.98. The van der Waals surface area contributed by atoms with Crippen LogP contribution in [0.15, 0.2) is 67.3 Å². The molecular weight excluding hydrogens is 388 g/mol. The van der Waals surface area contributed by atoms with Crippen molar-refractivity contribution < 1.29 is 34.0 Å². The van der Waals surface area contributed by atoms with Gasteiger partial charge in [-0.2, -0.15) is 0 Å². The lowest BCUT2D eigenvalue weighted by Gasteiger charge is -2.37. The number of phenolic OH excluding ortho intramolecular Hbond substituents is 2. The van der Waals surface area contributed by atoms with Crippen molar-refractivity contribution >= 4 is 11.9 Å². The Kier molecular flexibility index (Phi) is 3.63. The minimum atomic E-state index is -1.51. The average Bonchev–Trinajstić information content (AvgIpc) is 3.00. The number of ether oxygens (including phenoxy) is 3. The van der Waals surface area contributed by atoms with Gasteiger partial charge in [0.2, 0.25) is 0 Å². The first-order valence-electron chi connectivity index (χ1n) is 9.00. The average molecular weight is 402 g/mol. The molecule has 0 aliphatic carbocycles. The highest BCUT2D eigenvalue weighted by Crippen LogP contribution is 2.59. The fraction of sp³-hybridized carbons (Fsp3) is 0.0435. The van der Waals surface area contributed by atoms with Crippen molar-refractivity contribution in [3.05, 3.63) is 89.5 Å². The van der Waals surface area contributed by atoms with E-state index >= 15 is 0 Å². The molecule has 148 valence electrons. The number of esters is 2. The molecule has 2 aliphatic heterocycles. The second kappa shape index (κ2) is 6.12. The molecule has 2 aliphatic rings. The number of aromatic hydroxyl groups is 2. The van der Waals surface area contributed by atoms with E-state index in [2.05, 4.69) is 6.58 Å². The minimum absolute atomic E-state index is 0.0434. The Labute approximate surface area is 170 Å². The molecule has 30 heavy (non-hydrogen) atoms. The van der Waals surface area contributed by atoms with Crippen LogP contribution in [0.1, 0.15) is 27.0 Å². The van der Waals surface area contributed by atoms with Crippen LogP contribution in [0.2, 0.25) is 0 Å². The Morgan fingerprint density at radius 1 is 1.00 bits per heavy atom. The third kappa shape index (κ3) is 2.32. The van der Waals surface area contributed by atoms with E-state index in [1.807, 2.05) is 0 Å². The maximum absolute atomic E-state index is 12.8. The van der Waals surface area contributed by atoms with E-state index in [0.717, 1.165) is 6.08 Å². The van der Waals surface area contributed by atoms with E-state index in [9.17, 15) is 19.8 Å². The molecule has 0 aromatic heterocycles. The van der Waals surface area contributed by atoms with Gasteiger partial charge in [0.25, 0.3) is 0 Å². The fourth-order valence-corrected chi connectivity index (χ4v) is 3.98. The summed E-state index contributed by atoms with van der Waals surface area (Å²) in [6.45, 7) is 3.39. The van der Waals surface area contributed by atoms with E-state index in [1.54, 1.807) is 30.3 Å². The first-order valence-corrected chi connectivity index (χ1v) is 9.00. The normalized spacial score (nSPS) is 17.9. The number of hydrogen-bond acceptors (Lipinski definition) is 7. The highest BCUT2D eigenvalue weighted by atomic mass is 16.6. The molecule has 0 amide bonds. The van der Waals surface area contributed by atoms with Crippen LogP contribution < -0.4 is 9.47 Å². The predicted molar refractivity (Wildman–Crippen MR) is 104 cm³/mol. The zero-order chi connectivity index (χ0) is 21.0. The van der Waals surface area contributed by atoms with Gasteiger partial charge >= 0.3 is 11.9 Å². The topological polar surface area (TPSA) is 102 Å². The first kappa shape index (κ1) is 17.8. The van der Waals surface area contributed by atoms with Crippen molar-refractivity contribution in [2.24, 2.45) is 0 Å². The Hall–Kier alpha value is -4.26. The lowest BCUT2D eigenvalue weighted by Crippen LogP contribution is -2.33. The van der Waals surface area contributed by atoms with Gasteiger partial charge in [-0.3, -0.25) is 0 Å². The molecule has 0 saturated carbocycles. The molecule has 0 bridgehead atoms. The molecule has 0 saturated heterocycles. The largest absolute Gasteiger partial charge is 0.508 e. The lowest BCUT2D eigenvalue weighted by molar-refractivity contribution is -0.129. The predicted octanol–water partition coefficient (Wildman–Crippen LogP) is 3.76. The summed E-state index contributed by atoms with van der Waals surface area (Å²) in [6, 6.07) is 13.8. The van der Waals surface area contributed by atoms with Crippen LogP contribution in [0, 0.1) is 0 Å². The highest BCUT2D eigenvalue weighted by Gasteiger charge is 2.55. The summed E-state index contributed by atoms with van der Waals surface area (Å²) >= 11 is 0. The van der Waals surface area contributed by atoms with Gasteiger partial charge in [-0.1, -0.05) is 24.8 Å². The van der Waals surface area contributed by atoms with E-state index in [0.29, 0.717) is 16.7 Å². The summed E-state index contributed by atoms with van der Waals surface area (Å²) in [7, 11) is 0. The van der Waals surface area contributed by atoms with Crippen LogP contribution in [0.25, 0.3) is 0 Å². The van der Waals surface area contributed by atoms with Crippen molar-refractivity contribution in [2.45, 2.75) is 5.60 Å². The van der Waals surface area contributed by atoms with E-state index in [1.165, 1.54) is 24.3 Å². The molecule has 3 aromatic carbocycles. The van der Waals surface area contributed by atoms with Gasteiger partial charge in [-0.05, 0) is 18.2 Å². The van der Waals surface area contributed by atoms with E-state index in [4.69, 9.17) is 14.2 Å². The molecule has 1 spiro atoms. The molecule has 3 aromatic rings. The van der Waals surface area contributed by atoms with Gasteiger partial charge < -0.3 is 24.4 Å². The van der Waals surface area contributed by atoms with Crippen molar-refractivity contribution in [2.75, 3.05) is 0 Å². The van der Waals surface area contributed by atoms with Crippen molar-refractivity contribution in [1.29, 1.82) is 0 Å². The van der Waals surface area contributed by atoms with Crippen LogP contribution >= 0.6 is 0 Å².